The molecule has 0 radical (unpaired) electrons. The van der Waals surface area contributed by atoms with Crippen molar-refractivity contribution >= 4 is 28.4 Å². The van der Waals surface area contributed by atoms with E-state index in [-0.39, 0.29) is 12.0 Å². The van der Waals surface area contributed by atoms with Crippen molar-refractivity contribution in [1.82, 2.24) is 9.88 Å². The van der Waals surface area contributed by atoms with Gasteiger partial charge >= 0.3 is 0 Å². The van der Waals surface area contributed by atoms with Crippen LogP contribution in [0.3, 0.4) is 0 Å². The molecular formula is C22H23ClN2O2. The number of aryl methyl sites for hydroxylation is 2. The van der Waals surface area contributed by atoms with Gasteiger partial charge < -0.3 is 14.6 Å². The van der Waals surface area contributed by atoms with Gasteiger partial charge in [0.25, 0.3) is 5.91 Å². The third kappa shape index (κ3) is 3.67. The molecule has 0 aliphatic carbocycles. The molecule has 2 heterocycles. The van der Waals surface area contributed by atoms with Crippen molar-refractivity contribution in [3.8, 4) is 5.75 Å². The van der Waals surface area contributed by atoms with Crippen LogP contribution in [0.15, 0.2) is 42.5 Å². The Hall–Kier alpha value is -2.46. The van der Waals surface area contributed by atoms with Crippen molar-refractivity contribution in [2.75, 3.05) is 13.1 Å². The molecule has 5 heteroatoms. The molecule has 27 heavy (non-hydrogen) atoms. The molecule has 1 aromatic heterocycles. The van der Waals surface area contributed by atoms with E-state index in [9.17, 15) is 4.79 Å². The molecule has 0 spiro atoms. The number of likely N-dealkylation sites (tertiary alicyclic amines) is 1. The van der Waals surface area contributed by atoms with E-state index in [1.54, 1.807) is 0 Å². The van der Waals surface area contributed by atoms with Crippen molar-refractivity contribution in [2.24, 2.45) is 0 Å². The van der Waals surface area contributed by atoms with Gasteiger partial charge in [0.1, 0.15) is 11.9 Å². The Morgan fingerprint density at radius 3 is 2.52 bits per heavy atom. The van der Waals surface area contributed by atoms with Gasteiger partial charge in [0.2, 0.25) is 0 Å². The molecule has 0 atom stereocenters. The van der Waals surface area contributed by atoms with Crippen LogP contribution in [0.1, 0.15) is 34.5 Å². The minimum atomic E-state index is 0.0973. The Bertz CT molecular complexity index is 970. The van der Waals surface area contributed by atoms with Crippen molar-refractivity contribution in [2.45, 2.75) is 32.8 Å². The Balaban J connectivity index is 1.41. The van der Waals surface area contributed by atoms with Crippen molar-refractivity contribution in [3.05, 3.63) is 64.3 Å². The summed E-state index contributed by atoms with van der Waals surface area (Å²) in [5, 5.41) is 1.83. The number of nitrogens with zero attached hydrogens (tertiary/aromatic N) is 1. The number of nitrogens with one attached hydrogen (secondary N) is 1. The summed E-state index contributed by atoms with van der Waals surface area (Å²) in [6, 6.07) is 13.3. The molecule has 1 amide bonds. The summed E-state index contributed by atoms with van der Waals surface area (Å²) in [4.78, 5) is 18.2. The number of H-pyrrole nitrogens is 1. The summed E-state index contributed by atoms with van der Waals surface area (Å²) < 4.78 is 6.02. The highest BCUT2D eigenvalue weighted by atomic mass is 35.5. The van der Waals surface area contributed by atoms with E-state index in [0.717, 1.165) is 40.8 Å². The molecule has 1 fully saturated rings. The van der Waals surface area contributed by atoms with E-state index < -0.39 is 0 Å². The van der Waals surface area contributed by atoms with Gasteiger partial charge in [-0.3, -0.25) is 4.79 Å². The molecule has 1 saturated heterocycles. The van der Waals surface area contributed by atoms with E-state index in [4.69, 9.17) is 16.3 Å². The number of fused-ring (bicyclic) bond motifs is 1. The first-order chi connectivity index (χ1) is 13.0. The van der Waals surface area contributed by atoms with E-state index in [1.165, 1.54) is 5.56 Å². The molecule has 3 aromatic rings. The number of benzene rings is 2. The third-order valence-electron chi connectivity index (χ3n) is 5.40. The predicted octanol–water partition coefficient (Wildman–Crippen LogP) is 5.12. The second-order valence-corrected chi connectivity index (χ2v) is 7.64. The predicted molar refractivity (Wildman–Crippen MR) is 109 cm³/mol. The maximum atomic E-state index is 12.9. The van der Waals surface area contributed by atoms with Gasteiger partial charge in [-0.1, -0.05) is 11.6 Å². The molecule has 0 unspecified atom stereocenters. The highest BCUT2D eigenvalue weighted by Crippen LogP contribution is 2.25. The zero-order chi connectivity index (χ0) is 19.0. The largest absolute Gasteiger partial charge is 0.490 e. The average molecular weight is 383 g/mol. The normalized spacial score (nSPS) is 15.3. The number of hydrogen-bond acceptors (Lipinski definition) is 2. The highest BCUT2D eigenvalue weighted by molar-refractivity contribution is 6.30. The molecule has 4 nitrogen and oxygen atoms in total. The Labute approximate surface area is 164 Å². The number of aromatic nitrogens is 1. The lowest BCUT2D eigenvalue weighted by Crippen LogP contribution is -2.41. The number of carbonyl (C=O) groups excluding carboxylic acids is 1. The van der Waals surface area contributed by atoms with E-state index in [1.807, 2.05) is 47.4 Å². The first kappa shape index (κ1) is 17.9. The fourth-order valence-electron chi connectivity index (χ4n) is 3.66. The van der Waals surface area contributed by atoms with Crippen molar-refractivity contribution in [3.63, 3.8) is 0 Å². The summed E-state index contributed by atoms with van der Waals surface area (Å²) in [6.45, 7) is 5.56. The molecule has 140 valence electrons. The van der Waals surface area contributed by atoms with Gasteiger partial charge in [0, 0.05) is 53.1 Å². The SMILES string of the molecule is Cc1[nH]c2ccc(C(=O)N3CCC(Oc4ccc(Cl)cc4)CC3)cc2c1C. The number of carbonyl (C=O) groups is 1. The Morgan fingerprint density at radius 2 is 1.81 bits per heavy atom. The number of hydrogen-bond donors (Lipinski definition) is 1. The minimum Gasteiger partial charge on any atom is -0.490 e. The van der Waals surface area contributed by atoms with E-state index in [0.29, 0.717) is 18.1 Å². The summed E-state index contributed by atoms with van der Waals surface area (Å²) >= 11 is 5.91. The fraction of sp³-hybridized carbons (Fsp3) is 0.318. The second-order valence-electron chi connectivity index (χ2n) is 7.20. The zero-order valence-electron chi connectivity index (χ0n) is 15.6. The van der Waals surface area contributed by atoms with Gasteiger partial charge in [-0.05, 0) is 61.9 Å². The lowest BCUT2D eigenvalue weighted by atomic mass is 10.0. The standard InChI is InChI=1S/C22H23ClN2O2/c1-14-15(2)24-21-8-3-16(13-20(14)21)22(26)25-11-9-19(10-12-25)27-18-6-4-17(23)5-7-18/h3-8,13,19,24H,9-12H2,1-2H3. The number of aromatic amines is 1. The Morgan fingerprint density at radius 1 is 1.11 bits per heavy atom. The lowest BCUT2D eigenvalue weighted by Gasteiger charge is -2.32. The quantitative estimate of drug-likeness (QED) is 0.683. The van der Waals surface area contributed by atoms with Crippen LogP contribution in [0.25, 0.3) is 10.9 Å². The van der Waals surface area contributed by atoms with Gasteiger partial charge in [0.15, 0.2) is 0 Å². The molecule has 4 rings (SSSR count). The first-order valence-corrected chi connectivity index (χ1v) is 9.69. The average Bonchev–Trinajstić information content (AvgIpc) is 2.97. The van der Waals surface area contributed by atoms with Crippen LogP contribution in [-0.4, -0.2) is 35.0 Å². The maximum Gasteiger partial charge on any atom is 0.253 e. The van der Waals surface area contributed by atoms with Gasteiger partial charge in [-0.25, -0.2) is 0 Å². The van der Waals surface area contributed by atoms with Gasteiger partial charge in [0.05, 0.1) is 0 Å². The zero-order valence-corrected chi connectivity index (χ0v) is 16.3. The first-order valence-electron chi connectivity index (χ1n) is 9.31. The van der Waals surface area contributed by atoms with Gasteiger partial charge in [-0.15, -0.1) is 0 Å². The smallest absolute Gasteiger partial charge is 0.253 e. The lowest BCUT2D eigenvalue weighted by molar-refractivity contribution is 0.0595. The van der Waals surface area contributed by atoms with Crippen LogP contribution in [0.5, 0.6) is 5.75 Å². The maximum absolute atomic E-state index is 12.9. The number of halogens is 1. The van der Waals surface area contributed by atoms with Crippen LogP contribution in [-0.2, 0) is 0 Å². The molecule has 1 aliphatic heterocycles. The monoisotopic (exact) mass is 382 g/mol. The van der Waals surface area contributed by atoms with Crippen LogP contribution in [0, 0.1) is 13.8 Å². The topological polar surface area (TPSA) is 45.3 Å². The number of piperidine rings is 1. The van der Waals surface area contributed by atoms with E-state index >= 15 is 0 Å². The second kappa shape index (κ2) is 7.28. The minimum absolute atomic E-state index is 0.0973. The van der Waals surface area contributed by atoms with Crippen molar-refractivity contribution in [1.29, 1.82) is 0 Å². The molecule has 0 saturated carbocycles. The summed E-state index contributed by atoms with van der Waals surface area (Å²) in [5.74, 6) is 0.924. The molecule has 2 aromatic carbocycles. The molecule has 1 N–H and O–H groups in total. The Kier molecular flexibility index (Phi) is 4.83. The van der Waals surface area contributed by atoms with Crippen molar-refractivity contribution < 1.29 is 9.53 Å². The number of amides is 1. The highest BCUT2D eigenvalue weighted by Gasteiger charge is 2.25. The summed E-state index contributed by atoms with van der Waals surface area (Å²) in [5.41, 5.74) is 4.18. The summed E-state index contributed by atoms with van der Waals surface area (Å²) in [6.07, 6.45) is 1.80. The molecule has 0 bridgehead atoms. The number of rotatable bonds is 3. The summed E-state index contributed by atoms with van der Waals surface area (Å²) in [7, 11) is 0. The van der Waals surface area contributed by atoms with E-state index in [2.05, 4.69) is 18.8 Å². The van der Waals surface area contributed by atoms with Crippen LogP contribution >= 0.6 is 11.6 Å². The van der Waals surface area contributed by atoms with Crippen LogP contribution in [0.4, 0.5) is 0 Å². The molecular weight excluding hydrogens is 360 g/mol. The molecule has 1 aliphatic rings. The number of ether oxygens (including phenoxy) is 1. The van der Waals surface area contributed by atoms with Crippen LogP contribution < -0.4 is 4.74 Å². The van der Waals surface area contributed by atoms with Gasteiger partial charge in [-0.2, -0.15) is 0 Å². The fourth-order valence-corrected chi connectivity index (χ4v) is 3.79. The third-order valence-corrected chi connectivity index (χ3v) is 5.65. The van der Waals surface area contributed by atoms with Crippen LogP contribution in [0.2, 0.25) is 5.02 Å².